The van der Waals surface area contributed by atoms with Crippen molar-refractivity contribution in [2.75, 3.05) is 6.61 Å². The van der Waals surface area contributed by atoms with Crippen molar-refractivity contribution in [1.29, 1.82) is 0 Å². The van der Waals surface area contributed by atoms with Crippen LogP contribution in [0.3, 0.4) is 0 Å². The highest BCUT2D eigenvalue weighted by atomic mass is 16.4. The van der Waals surface area contributed by atoms with E-state index in [-0.39, 0.29) is 23.9 Å². The zero-order valence-electron chi connectivity index (χ0n) is 21.5. The Labute approximate surface area is 211 Å². The monoisotopic (exact) mass is 478 g/mol. The lowest BCUT2D eigenvalue weighted by Crippen LogP contribution is -2.26. The minimum Gasteiger partial charge on any atom is -0.481 e. The SMILES string of the molecule is C=C(CO)C(C)(CCCCC(=O)CCCCC(C)(CCC(=O)O)c1ccccc1)c1ccccc1. The van der Waals surface area contributed by atoms with Gasteiger partial charge in [-0.1, -0.05) is 93.9 Å². The van der Waals surface area contributed by atoms with Crippen molar-refractivity contribution >= 4 is 11.8 Å². The Bertz CT molecular complexity index is 937. The first-order valence-electron chi connectivity index (χ1n) is 12.8. The standard InChI is InChI=1S/C31H42O4/c1-25(24-32)31(3,27-16-8-5-9-17-27)22-13-11-19-28(33)18-10-12-21-30(2,23-20-29(34)35)26-14-6-4-7-15-26/h4-9,14-17,32H,1,10-13,18-24H2,2-3H3,(H,34,35). The quantitative estimate of drug-likeness (QED) is 0.189. The van der Waals surface area contributed by atoms with Gasteiger partial charge in [-0.25, -0.2) is 0 Å². The van der Waals surface area contributed by atoms with E-state index in [9.17, 15) is 14.7 Å². The number of aliphatic carboxylic acids is 1. The first-order chi connectivity index (χ1) is 16.7. The number of hydrogen-bond donors (Lipinski definition) is 2. The number of aliphatic hydroxyl groups is 1. The molecule has 0 amide bonds. The number of ketones is 1. The Morgan fingerprint density at radius 3 is 1.77 bits per heavy atom. The highest BCUT2D eigenvalue weighted by Gasteiger charge is 2.29. The highest BCUT2D eigenvalue weighted by molar-refractivity contribution is 5.78. The molecule has 0 aliphatic carbocycles. The van der Waals surface area contributed by atoms with E-state index in [0.717, 1.165) is 49.7 Å². The van der Waals surface area contributed by atoms with Crippen LogP contribution >= 0.6 is 0 Å². The van der Waals surface area contributed by atoms with Crippen molar-refractivity contribution in [3.05, 3.63) is 83.9 Å². The lowest BCUT2D eigenvalue weighted by Gasteiger charge is -2.32. The third-order valence-electron chi connectivity index (χ3n) is 7.56. The van der Waals surface area contributed by atoms with E-state index in [0.29, 0.717) is 25.0 Å². The molecule has 2 N–H and O–H groups in total. The molecular formula is C31H42O4. The third-order valence-corrected chi connectivity index (χ3v) is 7.56. The van der Waals surface area contributed by atoms with E-state index in [2.05, 4.69) is 44.7 Å². The smallest absolute Gasteiger partial charge is 0.303 e. The summed E-state index contributed by atoms with van der Waals surface area (Å²) < 4.78 is 0. The zero-order valence-corrected chi connectivity index (χ0v) is 21.5. The number of aliphatic hydroxyl groups excluding tert-OH is 1. The van der Waals surface area contributed by atoms with Gasteiger partial charge in [0.15, 0.2) is 0 Å². The van der Waals surface area contributed by atoms with Crippen molar-refractivity contribution in [2.45, 2.75) is 88.9 Å². The molecule has 190 valence electrons. The summed E-state index contributed by atoms with van der Waals surface area (Å²) in [5.74, 6) is -0.479. The maximum Gasteiger partial charge on any atom is 0.303 e. The van der Waals surface area contributed by atoms with Crippen LogP contribution in [0.1, 0.15) is 89.2 Å². The summed E-state index contributed by atoms with van der Waals surface area (Å²) in [7, 11) is 0. The van der Waals surface area contributed by atoms with Gasteiger partial charge in [-0.15, -0.1) is 0 Å². The molecule has 4 heteroatoms. The Morgan fingerprint density at radius 2 is 1.26 bits per heavy atom. The molecule has 0 saturated carbocycles. The van der Waals surface area contributed by atoms with Crippen LogP contribution in [0.5, 0.6) is 0 Å². The van der Waals surface area contributed by atoms with Crippen LogP contribution in [-0.4, -0.2) is 28.6 Å². The minimum atomic E-state index is -0.770. The molecule has 0 radical (unpaired) electrons. The Morgan fingerprint density at radius 1 is 0.743 bits per heavy atom. The summed E-state index contributed by atoms with van der Waals surface area (Å²) in [6.45, 7) is 8.32. The van der Waals surface area contributed by atoms with E-state index in [1.54, 1.807) is 0 Å². The summed E-state index contributed by atoms with van der Waals surface area (Å²) >= 11 is 0. The number of carbonyl (C=O) groups excluding carboxylic acids is 1. The molecule has 2 unspecified atom stereocenters. The van der Waals surface area contributed by atoms with Crippen molar-refractivity contribution in [2.24, 2.45) is 0 Å². The van der Waals surface area contributed by atoms with Crippen LogP contribution in [0.2, 0.25) is 0 Å². The molecule has 0 bridgehead atoms. The van der Waals surface area contributed by atoms with Gasteiger partial charge in [-0.2, -0.15) is 0 Å². The van der Waals surface area contributed by atoms with E-state index in [4.69, 9.17) is 5.11 Å². The van der Waals surface area contributed by atoms with Gasteiger partial charge < -0.3 is 10.2 Å². The zero-order chi connectivity index (χ0) is 25.7. The number of rotatable bonds is 17. The Kier molecular flexibility index (Phi) is 11.4. The number of benzene rings is 2. The number of carboxylic acid groups (broad SMARTS) is 1. The molecule has 2 aromatic carbocycles. The average molecular weight is 479 g/mol. The van der Waals surface area contributed by atoms with Crippen LogP contribution < -0.4 is 0 Å². The molecule has 2 rings (SSSR count). The topological polar surface area (TPSA) is 74.6 Å². The van der Waals surface area contributed by atoms with E-state index in [1.807, 2.05) is 36.4 Å². The molecule has 0 heterocycles. The van der Waals surface area contributed by atoms with E-state index >= 15 is 0 Å². The number of carbonyl (C=O) groups is 2. The molecule has 35 heavy (non-hydrogen) atoms. The van der Waals surface area contributed by atoms with E-state index in [1.165, 1.54) is 5.56 Å². The second kappa shape index (κ2) is 14.0. The van der Waals surface area contributed by atoms with Crippen molar-refractivity contribution < 1.29 is 19.8 Å². The second-order valence-corrected chi connectivity index (χ2v) is 10.2. The highest BCUT2D eigenvalue weighted by Crippen LogP contribution is 2.36. The van der Waals surface area contributed by atoms with E-state index < -0.39 is 5.97 Å². The number of unbranched alkanes of at least 4 members (excludes halogenated alkanes) is 2. The number of Topliss-reactive ketones (excluding diaryl/α,β-unsaturated/α-hetero) is 1. The van der Waals surface area contributed by atoms with Crippen LogP contribution in [0, 0.1) is 0 Å². The third kappa shape index (κ3) is 8.78. The normalized spacial score (nSPS) is 14.6. The van der Waals surface area contributed by atoms with Crippen LogP contribution in [0.15, 0.2) is 72.8 Å². The van der Waals surface area contributed by atoms with Gasteiger partial charge in [0.1, 0.15) is 5.78 Å². The predicted octanol–water partition coefficient (Wildman–Crippen LogP) is 7.01. The Hall–Kier alpha value is -2.72. The lowest BCUT2D eigenvalue weighted by molar-refractivity contribution is -0.137. The maximum atomic E-state index is 12.5. The van der Waals surface area contributed by atoms with Gasteiger partial charge in [-0.3, -0.25) is 9.59 Å². The molecule has 0 saturated heterocycles. The summed E-state index contributed by atoms with van der Waals surface area (Å²) in [5.41, 5.74) is 2.63. The summed E-state index contributed by atoms with van der Waals surface area (Å²) in [6.07, 6.45) is 7.08. The molecule has 0 aliphatic heterocycles. The van der Waals surface area contributed by atoms with Gasteiger partial charge in [-0.05, 0) is 54.2 Å². The summed E-state index contributed by atoms with van der Waals surface area (Å²) in [6, 6.07) is 20.3. The first kappa shape index (κ1) is 28.5. The van der Waals surface area contributed by atoms with Crippen molar-refractivity contribution in [1.82, 2.24) is 0 Å². The van der Waals surface area contributed by atoms with Gasteiger partial charge in [0.25, 0.3) is 0 Å². The summed E-state index contributed by atoms with van der Waals surface area (Å²) in [5, 5.41) is 18.9. The fraction of sp³-hybridized carbons (Fsp3) is 0.484. The molecule has 0 aliphatic rings. The fourth-order valence-electron chi connectivity index (χ4n) is 4.91. The van der Waals surface area contributed by atoms with Crippen LogP contribution in [0.25, 0.3) is 0 Å². The summed E-state index contributed by atoms with van der Waals surface area (Å²) in [4.78, 5) is 23.7. The molecule has 0 aromatic heterocycles. The molecule has 0 spiro atoms. The molecular weight excluding hydrogens is 436 g/mol. The van der Waals surface area contributed by atoms with Gasteiger partial charge in [0.2, 0.25) is 0 Å². The van der Waals surface area contributed by atoms with Crippen molar-refractivity contribution in [3.8, 4) is 0 Å². The van der Waals surface area contributed by atoms with Crippen LogP contribution in [-0.2, 0) is 20.4 Å². The fourth-order valence-corrected chi connectivity index (χ4v) is 4.91. The van der Waals surface area contributed by atoms with Gasteiger partial charge >= 0.3 is 5.97 Å². The average Bonchev–Trinajstić information content (AvgIpc) is 2.88. The maximum absolute atomic E-state index is 12.5. The molecule has 2 atom stereocenters. The number of carboxylic acids is 1. The van der Waals surface area contributed by atoms with Crippen molar-refractivity contribution in [3.63, 3.8) is 0 Å². The van der Waals surface area contributed by atoms with Gasteiger partial charge in [0, 0.05) is 24.7 Å². The predicted molar refractivity (Wildman–Crippen MR) is 143 cm³/mol. The minimum absolute atomic E-state index is 0.0430. The molecule has 4 nitrogen and oxygen atoms in total. The second-order valence-electron chi connectivity index (χ2n) is 10.2. The van der Waals surface area contributed by atoms with Crippen LogP contribution in [0.4, 0.5) is 0 Å². The first-order valence-corrected chi connectivity index (χ1v) is 12.8. The van der Waals surface area contributed by atoms with Gasteiger partial charge in [0.05, 0.1) is 6.61 Å². The number of hydrogen-bond acceptors (Lipinski definition) is 3. The Balaban J connectivity index is 1.78. The molecule has 0 fully saturated rings. The molecule has 2 aromatic rings. The lowest BCUT2D eigenvalue weighted by atomic mass is 9.73. The largest absolute Gasteiger partial charge is 0.481 e.